The third-order valence-corrected chi connectivity index (χ3v) is 6.29. The Balaban J connectivity index is 1.39. The van der Waals surface area contributed by atoms with Crippen LogP contribution in [0.2, 0.25) is 0 Å². The van der Waals surface area contributed by atoms with Crippen molar-refractivity contribution < 1.29 is 9.53 Å². The van der Waals surface area contributed by atoms with Gasteiger partial charge in [0.25, 0.3) is 0 Å². The van der Waals surface area contributed by atoms with Crippen molar-refractivity contribution in [2.45, 2.75) is 12.5 Å². The molecule has 0 spiro atoms. The smallest absolute Gasteiger partial charge is 0.319 e. The fourth-order valence-corrected chi connectivity index (χ4v) is 4.61. The van der Waals surface area contributed by atoms with Crippen LogP contribution >= 0.6 is 11.3 Å². The average molecular weight is 422 g/mol. The molecule has 4 rings (SSSR count). The number of carbonyl (C=O) groups is 1. The molecule has 2 heterocycles. The Hall–Kier alpha value is -2.67. The maximum Gasteiger partial charge on any atom is 0.319 e. The van der Waals surface area contributed by atoms with E-state index in [-0.39, 0.29) is 12.1 Å². The minimum Gasteiger partial charge on any atom is -0.379 e. The lowest BCUT2D eigenvalue weighted by Gasteiger charge is -2.34. The van der Waals surface area contributed by atoms with Gasteiger partial charge in [0.1, 0.15) is 0 Å². The Labute approximate surface area is 181 Å². The molecule has 0 aliphatic carbocycles. The van der Waals surface area contributed by atoms with Crippen molar-refractivity contribution in [1.29, 1.82) is 0 Å². The fourth-order valence-electron chi connectivity index (χ4n) is 3.75. The molecule has 1 fully saturated rings. The number of hydrogen-bond donors (Lipinski definition) is 2. The summed E-state index contributed by atoms with van der Waals surface area (Å²) in [6.07, 6.45) is 0.781. The zero-order valence-corrected chi connectivity index (χ0v) is 17.7. The van der Waals surface area contributed by atoms with Gasteiger partial charge in [-0.1, -0.05) is 54.6 Å². The summed E-state index contributed by atoms with van der Waals surface area (Å²) >= 11 is 1.73. The van der Waals surface area contributed by atoms with E-state index in [4.69, 9.17) is 4.74 Å². The van der Waals surface area contributed by atoms with Crippen LogP contribution in [0.25, 0.3) is 0 Å². The number of anilines is 1. The van der Waals surface area contributed by atoms with Gasteiger partial charge in [-0.05, 0) is 35.1 Å². The number of carbonyl (C=O) groups excluding carboxylic acids is 1. The van der Waals surface area contributed by atoms with Gasteiger partial charge in [0.15, 0.2) is 0 Å². The van der Waals surface area contributed by atoms with Crippen molar-refractivity contribution in [3.8, 4) is 0 Å². The Morgan fingerprint density at radius 2 is 1.77 bits per heavy atom. The van der Waals surface area contributed by atoms with Crippen LogP contribution < -0.4 is 10.6 Å². The predicted molar refractivity (Wildman–Crippen MR) is 122 cm³/mol. The lowest BCUT2D eigenvalue weighted by Crippen LogP contribution is -2.44. The van der Waals surface area contributed by atoms with E-state index in [9.17, 15) is 4.79 Å². The SMILES string of the molecule is O=C(NCC(c1cccs1)N1CCOCC1)Nc1ccccc1Cc1ccccc1. The largest absolute Gasteiger partial charge is 0.379 e. The highest BCUT2D eigenvalue weighted by Gasteiger charge is 2.24. The maximum atomic E-state index is 12.7. The van der Waals surface area contributed by atoms with Gasteiger partial charge in [-0.15, -0.1) is 11.3 Å². The number of benzene rings is 2. The summed E-state index contributed by atoms with van der Waals surface area (Å²) in [5.41, 5.74) is 3.16. The number of thiophene rings is 1. The van der Waals surface area contributed by atoms with Crippen LogP contribution in [-0.4, -0.2) is 43.8 Å². The molecule has 0 saturated carbocycles. The van der Waals surface area contributed by atoms with Crippen molar-refractivity contribution in [1.82, 2.24) is 10.2 Å². The van der Waals surface area contributed by atoms with Gasteiger partial charge in [-0.25, -0.2) is 4.79 Å². The van der Waals surface area contributed by atoms with Crippen molar-refractivity contribution in [3.63, 3.8) is 0 Å². The summed E-state index contributed by atoms with van der Waals surface area (Å²) in [5.74, 6) is 0. The molecule has 1 aliphatic heterocycles. The number of hydrogen-bond acceptors (Lipinski definition) is 4. The van der Waals surface area contributed by atoms with Crippen molar-refractivity contribution in [3.05, 3.63) is 88.1 Å². The van der Waals surface area contributed by atoms with E-state index in [1.165, 1.54) is 10.4 Å². The number of morpholine rings is 1. The topological polar surface area (TPSA) is 53.6 Å². The van der Waals surface area contributed by atoms with Crippen molar-refractivity contribution >= 4 is 23.1 Å². The van der Waals surface area contributed by atoms with E-state index in [1.807, 2.05) is 36.4 Å². The van der Waals surface area contributed by atoms with Crippen LogP contribution in [0, 0.1) is 0 Å². The molecule has 156 valence electrons. The molecule has 1 unspecified atom stereocenters. The standard InChI is InChI=1S/C24H27N3O2S/c28-24(25-18-22(23-11-6-16-30-23)27-12-14-29-15-13-27)26-21-10-5-4-9-20(21)17-19-7-2-1-3-8-19/h1-11,16,22H,12-15,17-18H2,(H2,25,26,28). The fraction of sp³-hybridized carbons (Fsp3) is 0.292. The first kappa shape index (κ1) is 20.6. The van der Waals surface area contributed by atoms with E-state index in [1.54, 1.807) is 11.3 Å². The number of urea groups is 1. The monoisotopic (exact) mass is 421 g/mol. The van der Waals surface area contributed by atoms with Gasteiger partial charge in [-0.2, -0.15) is 0 Å². The van der Waals surface area contributed by atoms with Crippen molar-refractivity contribution in [2.24, 2.45) is 0 Å². The van der Waals surface area contributed by atoms with E-state index in [2.05, 4.69) is 51.2 Å². The van der Waals surface area contributed by atoms with E-state index >= 15 is 0 Å². The molecule has 2 aromatic carbocycles. The third kappa shape index (κ3) is 5.48. The number of nitrogens with zero attached hydrogens (tertiary/aromatic N) is 1. The number of nitrogens with one attached hydrogen (secondary N) is 2. The van der Waals surface area contributed by atoms with Gasteiger partial charge in [0.2, 0.25) is 0 Å². The summed E-state index contributed by atoms with van der Waals surface area (Å²) in [7, 11) is 0. The Morgan fingerprint density at radius 3 is 2.53 bits per heavy atom. The lowest BCUT2D eigenvalue weighted by molar-refractivity contribution is 0.0175. The van der Waals surface area contributed by atoms with Crippen molar-refractivity contribution in [2.75, 3.05) is 38.2 Å². The molecular formula is C24H27N3O2S. The van der Waals surface area contributed by atoms with E-state index in [0.717, 1.165) is 44.0 Å². The second-order valence-electron chi connectivity index (χ2n) is 7.33. The highest BCUT2D eigenvalue weighted by atomic mass is 32.1. The van der Waals surface area contributed by atoms with Crippen LogP contribution in [0.1, 0.15) is 22.0 Å². The zero-order chi connectivity index (χ0) is 20.6. The molecule has 2 N–H and O–H groups in total. The molecule has 1 saturated heterocycles. The zero-order valence-electron chi connectivity index (χ0n) is 16.9. The molecule has 6 heteroatoms. The summed E-state index contributed by atoms with van der Waals surface area (Å²) < 4.78 is 5.50. The Morgan fingerprint density at radius 1 is 1.00 bits per heavy atom. The molecular weight excluding hydrogens is 394 g/mol. The molecule has 0 bridgehead atoms. The van der Waals surface area contributed by atoms with Gasteiger partial charge < -0.3 is 15.4 Å². The number of ether oxygens (including phenoxy) is 1. The Kier molecular flexibility index (Phi) is 7.13. The van der Waals surface area contributed by atoms with Crippen LogP contribution in [0.5, 0.6) is 0 Å². The summed E-state index contributed by atoms with van der Waals surface area (Å²) in [6.45, 7) is 3.80. The molecule has 1 aliphatic rings. The van der Waals surface area contributed by atoms with Crippen LogP contribution in [0.4, 0.5) is 10.5 Å². The summed E-state index contributed by atoms with van der Waals surface area (Å²) in [4.78, 5) is 16.4. The first-order valence-electron chi connectivity index (χ1n) is 10.3. The first-order valence-corrected chi connectivity index (χ1v) is 11.2. The normalized spacial score (nSPS) is 15.5. The average Bonchev–Trinajstić information content (AvgIpc) is 3.31. The molecule has 5 nitrogen and oxygen atoms in total. The minimum atomic E-state index is -0.176. The van der Waals surface area contributed by atoms with Gasteiger partial charge in [0, 0.05) is 30.2 Å². The second-order valence-corrected chi connectivity index (χ2v) is 8.31. The number of amides is 2. The quantitative estimate of drug-likeness (QED) is 0.589. The number of rotatable bonds is 7. The minimum absolute atomic E-state index is 0.166. The lowest BCUT2D eigenvalue weighted by atomic mass is 10.0. The summed E-state index contributed by atoms with van der Waals surface area (Å²) in [5, 5.41) is 8.21. The molecule has 3 aromatic rings. The van der Waals surface area contributed by atoms with E-state index in [0.29, 0.717) is 6.54 Å². The third-order valence-electron chi connectivity index (χ3n) is 5.32. The van der Waals surface area contributed by atoms with E-state index < -0.39 is 0 Å². The maximum absolute atomic E-state index is 12.7. The molecule has 1 atom stereocenters. The molecule has 2 amide bonds. The predicted octanol–water partition coefficient (Wildman–Crippen LogP) is 4.53. The molecule has 0 radical (unpaired) electrons. The Bertz CT molecular complexity index is 925. The van der Waals surface area contributed by atoms with Gasteiger partial charge in [0.05, 0.1) is 19.3 Å². The molecule has 30 heavy (non-hydrogen) atoms. The van der Waals surface area contributed by atoms with Crippen LogP contribution in [0.3, 0.4) is 0 Å². The highest BCUT2D eigenvalue weighted by molar-refractivity contribution is 7.10. The highest BCUT2D eigenvalue weighted by Crippen LogP contribution is 2.25. The van der Waals surface area contributed by atoms with Crippen LogP contribution in [0.15, 0.2) is 72.1 Å². The summed E-state index contributed by atoms with van der Waals surface area (Å²) in [6, 6.07) is 22.5. The van der Waals surface area contributed by atoms with Crippen LogP contribution in [-0.2, 0) is 11.2 Å². The second kappa shape index (κ2) is 10.4. The molecule has 1 aromatic heterocycles. The number of para-hydroxylation sites is 1. The first-order chi connectivity index (χ1) is 14.8. The van der Waals surface area contributed by atoms with Gasteiger partial charge in [-0.3, -0.25) is 4.90 Å². The van der Waals surface area contributed by atoms with Gasteiger partial charge >= 0.3 is 6.03 Å².